The van der Waals surface area contributed by atoms with Gasteiger partial charge in [-0.1, -0.05) is 89.6 Å². The Morgan fingerprint density at radius 3 is 2.52 bits per heavy atom. The number of carbonyl (C=O) groups excluding carboxylic acids is 1. The second-order valence-electron chi connectivity index (χ2n) is 8.02. The van der Waals surface area contributed by atoms with Crippen LogP contribution in [0.5, 0.6) is 0 Å². The standard InChI is InChI=1S/C25H22ClN5OS/c1-15-8-11-17(12-9-15)21-22(24(32)27-19-13-10-16(2)20(26)14-19)33-25-29-28-23(31(25)30-21)18-6-4-3-5-7-18/h3-14,21-22,30H,1-2H3,(H,27,32). The fourth-order valence-electron chi connectivity index (χ4n) is 3.74. The highest BCUT2D eigenvalue weighted by molar-refractivity contribution is 8.00. The highest BCUT2D eigenvalue weighted by Crippen LogP contribution is 2.39. The molecule has 4 aromatic rings. The Morgan fingerprint density at radius 1 is 1.03 bits per heavy atom. The summed E-state index contributed by atoms with van der Waals surface area (Å²) in [7, 11) is 0. The smallest absolute Gasteiger partial charge is 0.240 e. The van der Waals surface area contributed by atoms with Crippen molar-refractivity contribution in [3.05, 3.63) is 94.5 Å². The first kappa shape index (κ1) is 21.6. The Balaban J connectivity index is 1.50. The molecule has 0 aliphatic carbocycles. The van der Waals surface area contributed by atoms with Gasteiger partial charge < -0.3 is 10.7 Å². The summed E-state index contributed by atoms with van der Waals surface area (Å²) in [6.07, 6.45) is 0. The molecule has 2 N–H and O–H groups in total. The number of rotatable bonds is 4. The summed E-state index contributed by atoms with van der Waals surface area (Å²) in [5.74, 6) is 0.577. The Hall–Kier alpha value is -3.29. The van der Waals surface area contributed by atoms with Gasteiger partial charge in [-0.3, -0.25) is 4.79 Å². The van der Waals surface area contributed by atoms with Crippen LogP contribution in [0.2, 0.25) is 5.02 Å². The fraction of sp³-hybridized carbons (Fsp3) is 0.160. The molecule has 1 aliphatic heterocycles. The number of thioether (sulfide) groups is 1. The number of hydrogen-bond acceptors (Lipinski definition) is 5. The predicted octanol–water partition coefficient (Wildman–Crippen LogP) is 5.61. The van der Waals surface area contributed by atoms with Crippen molar-refractivity contribution in [2.45, 2.75) is 30.3 Å². The third kappa shape index (κ3) is 4.34. The van der Waals surface area contributed by atoms with Crippen molar-refractivity contribution in [1.29, 1.82) is 0 Å². The number of amides is 1. The molecule has 0 fully saturated rings. The molecule has 3 aromatic carbocycles. The molecule has 2 atom stereocenters. The van der Waals surface area contributed by atoms with Gasteiger partial charge in [-0.15, -0.1) is 10.2 Å². The quantitative estimate of drug-likeness (QED) is 0.401. The maximum absolute atomic E-state index is 13.4. The van der Waals surface area contributed by atoms with Crippen molar-refractivity contribution >= 4 is 35.0 Å². The van der Waals surface area contributed by atoms with Crippen LogP contribution in [0, 0.1) is 13.8 Å². The van der Waals surface area contributed by atoms with Crippen molar-refractivity contribution in [3.63, 3.8) is 0 Å². The summed E-state index contributed by atoms with van der Waals surface area (Å²) >= 11 is 7.66. The van der Waals surface area contributed by atoms with E-state index in [1.54, 1.807) is 6.07 Å². The molecule has 1 aliphatic rings. The zero-order valence-electron chi connectivity index (χ0n) is 18.1. The molecular formula is C25H22ClN5OS. The normalized spacial score (nSPS) is 17.2. The van der Waals surface area contributed by atoms with Crippen molar-refractivity contribution in [1.82, 2.24) is 14.9 Å². The minimum absolute atomic E-state index is 0.131. The fourth-order valence-corrected chi connectivity index (χ4v) is 5.00. The molecule has 0 saturated carbocycles. The lowest BCUT2D eigenvalue weighted by molar-refractivity contribution is -0.116. The molecule has 1 aromatic heterocycles. The lowest BCUT2D eigenvalue weighted by Crippen LogP contribution is -2.41. The van der Waals surface area contributed by atoms with E-state index in [1.807, 2.05) is 73.1 Å². The lowest BCUT2D eigenvalue weighted by atomic mass is 10.0. The maximum Gasteiger partial charge on any atom is 0.240 e. The molecular weight excluding hydrogens is 454 g/mol. The number of nitrogens with zero attached hydrogens (tertiary/aromatic N) is 3. The Bertz CT molecular complexity index is 1310. The summed E-state index contributed by atoms with van der Waals surface area (Å²) in [6.45, 7) is 3.98. The van der Waals surface area contributed by atoms with E-state index >= 15 is 0 Å². The van der Waals surface area contributed by atoms with Crippen LogP contribution >= 0.6 is 23.4 Å². The highest BCUT2D eigenvalue weighted by atomic mass is 35.5. The second kappa shape index (κ2) is 8.92. The monoisotopic (exact) mass is 475 g/mol. The molecule has 0 spiro atoms. The van der Waals surface area contributed by atoms with E-state index in [9.17, 15) is 4.79 Å². The van der Waals surface area contributed by atoms with Crippen molar-refractivity contribution in [2.75, 3.05) is 10.7 Å². The molecule has 2 heterocycles. The third-order valence-electron chi connectivity index (χ3n) is 5.60. The summed E-state index contributed by atoms with van der Waals surface area (Å²) in [5.41, 5.74) is 8.24. The Kier molecular flexibility index (Phi) is 5.83. The number of aryl methyl sites for hydroxylation is 2. The first-order chi connectivity index (χ1) is 16.0. The SMILES string of the molecule is Cc1ccc(C2Nn3c(nnc3-c3ccccc3)SC2C(=O)Nc2ccc(C)c(Cl)c2)cc1. The van der Waals surface area contributed by atoms with Gasteiger partial charge in [-0.05, 0) is 37.1 Å². The molecule has 2 unspecified atom stereocenters. The van der Waals surface area contributed by atoms with Gasteiger partial charge in [0.1, 0.15) is 5.25 Å². The third-order valence-corrected chi connectivity index (χ3v) is 7.23. The highest BCUT2D eigenvalue weighted by Gasteiger charge is 2.38. The predicted molar refractivity (Wildman–Crippen MR) is 133 cm³/mol. The molecule has 1 amide bonds. The molecule has 166 valence electrons. The number of halogens is 1. The van der Waals surface area contributed by atoms with E-state index < -0.39 is 5.25 Å². The molecule has 0 radical (unpaired) electrons. The van der Waals surface area contributed by atoms with Crippen LogP contribution in [-0.2, 0) is 4.79 Å². The number of carbonyl (C=O) groups is 1. The van der Waals surface area contributed by atoms with Gasteiger partial charge in [0.2, 0.25) is 11.1 Å². The second-order valence-corrected chi connectivity index (χ2v) is 9.53. The van der Waals surface area contributed by atoms with E-state index in [0.29, 0.717) is 21.7 Å². The van der Waals surface area contributed by atoms with Crippen LogP contribution in [-0.4, -0.2) is 26.0 Å². The van der Waals surface area contributed by atoms with Crippen LogP contribution in [0.4, 0.5) is 5.69 Å². The maximum atomic E-state index is 13.4. The van der Waals surface area contributed by atoms with Crippen LogP contribution in [0.25, 0.3) is 11.4 Å². The largest absolute Gasteiger partial charge is 0.325 e. The van der Waals surface area contributed by atoms with E-state index in [2.05, 4.69) is 33.1 Å². The van der Waals surface area contributed by atoms with Crippen molar-refractivity contribution in [2.24, 2.45) is 0 Å². The van der Waals surface area contributed by atoms with E-state index in [0.717, 1.165) is 22.3 Å². The topological polar surface area (TPSA) is 71.8 Å². The number of aromatic nitrogens is 3. The van der Waals surface area contributed by atoms with Gasteiger partial charge >= 0.3 is 0 Å². The summed E-state index contributed by atoms with van der Waals surface area (Å²) in [6, 6.07) is 23.3. The van der Waals surface area contributed by atoms with Crippen molar-refractivity contribution < 1.29 is 4.79 Å². The Labute approximate surface area is 201 Å². The van der Waals surface area contributed by atoms with Crippen LogP contribution in [0.15, 0.2) is 78.0 Å². The molecule has 8 heteroatoms. The number of benzene rings is 3. The zero-order valence-corrected chi connectivity index (χ0v) is 19.7. The van der Waals surface area contributed by atoms with Gasteiger partial charge in [0.25, 0.3) is 0 Å². The van der Waals surface area contributed by atoms with E-state index in [-0.39, 0.29) is 11.9 Å². The van der Waals surface area contributed by atoms with Gasteiger partial charge in [0.05, 0.1) is 6.04 Å². The van der Waals surface area contributed by atoms with Gasteiger partial charge in [-0.25, -0.2) is 4.68 Å². The van der Waals surface area contributed by atoms with Crippen LogP contribution in [0.3, 0.4) is 0 Å². The summed E-state index contributed by atoms with van der Waals surface area (Å²) in [4.78, 5) is 13.4. The van der Waals surface area contributed by atoms with Gasteiger partial charge in [0.15, 0.2) is 5.82 Å². The zero-order chi connectivity index (χ0) is 22.9. The minimum Gasteiger partial charge on any atom is -0.325 e. The van der Waals surface area contributed by atoms with Crippen LogP contribution < -0.4 is 10.7 Å². The number of hydrogen-bond donors (Lipinski definition) is 2. The average Bonchev–Trinajstić information content (AvgIpc) is 3.25. The first-order valence-electron chi connectivity index (χ1n) is 10.6. The summed E-state index contributed by atoms with van der Waals surface area (Å²) in [5, 5.41) is 12.6. The van der Waals surface area contributed by atoms with E-state index in [4.69, 9.17) is 11.6 Å². The minimum atomic E-state index is -0.465. The van der Waals surface area contributed by atoms with Crippen molar-refractivity contribution in [3.8, 4) is 11.4 Å². The molecule has 0 saturated heterocycles. The van der Waals surface area contributed by atoms with Crippen LogP contribution in [0.1, 0.15) is 22.7 Å². The number of nitrogens with one attached hydrogen (secondary N) is 2. The first-order valence-corrected chi connectivity index (χ1v) is 11.8. The molecule has 0 bridgehead atoms. The molecule has 6 nitrogen and oxygen atoms in total. The van der Waals surface area contributed by atoms with Gasteiger partial charge in [-0.2, -0.15) is 0 Å². The lowest BCUT2D eigenvalue weighted by Gasteiger charge is -2.33. The number of fused-ring (bicyclic) bond motifs is 1. The molecule has 5 rings (SSSR count). The molecule has 33 heavy (non-hydrogen) atoms. The Morgan fingerprint density at radius 2 is 1.79 bits per heavy atom. The average molecular weight is 476 g/mol. The van der Waals surface area contributed by atoms with Gasteiger partial charge in [0, 0.05) is 16.3 Å². The summed E-state index contributed by atoms with van der Waals surface area (Å²) < 4.78 is 1.87. The van der Waals surface area contributed by atoms with E-state index in [1.165, 1.54) is 11.8 Å². The number of anilines is 1.